The van der Waals surface area contributed by atoms with Gasteiger partial charge >= 0.3 is 0 Å². The molecule has 1 unspecified atom stereocenters. The molecule has 2 aliphatic rings. The first-order chi connectivity index (χ1) is 8.43. The average Bonchev–Trinajstić information content (AvgIpc) is 2.59. The van der Waals surface area contributed by atoms with Crippen molar-refractivity contribution in [3.63, 3.8) is 0 Å². The van der Waals surface area contributed by atoms with Gasteiger partial charge in [0.25, 0.3) is 0 Å². The molecule has 0 saturated carbocycles. The highest BCUT2D eigenvalue weighted by molar-refractivity contribution is 5.57. The highest BCUT2D eigenvalue weighted by atomic mass is 16.5. The number of anilines is 1. The lowest BCUT2D eigenvalue weighted by Gasteiger charge is -2.23. The first-order valence-corrected chi connectivity index (χ1v) is 6.56. The predicted molar refractivity (Wildman–Crippen MR) is 69.5 cm³/mol. The van der Waals surface area contributed by atoms with Crippen LogP contribution in [0.2, 0.25) is 0 Å². The van der Waals surface area contributed by atoms with E-state index in [2.05, 4.69) is 34.5 Å². The summed E-state index contributed by atoms with van der Waals surface area (Å²) in [6, 6.07) is 8.69. The summed E-state index contributed by atoms with van der Waals surface area (Å²) in [5, 5.41) is 3.50. The van der Waals surface area contributed by atoms with Gasteiger partial charge in [0.15, 0.2) is 0 Å². The Hall–Kier alpha value is -1.06. The molecular weight excluding hydrogens is 212 g/mol. The molecule has 17 heavy (non-hydrogen) atoms. The maximum Gasteiger partial charge on any atom is 0.0593 e. The van der Waals surface area contributed by atoms with Crippen LogP contribution in [0.4, 0.5) is 5.69 Å². The van der Waals surface area contributed by atoms with Crippen LogP contribution in [0.3, 0.4) is 0 Å². The van der Waals surface area contributed by atoms with Gasteiger partial charge in [-0.1, -0.05) is 18.2 Å². The minimum Gasteiger partial charge on any atom is -0.384 e. The fraction of sp³-hybridized carbons (Fsp3) is 0.571. The van der Waals surface area contributed by atoms with Gasteiger partial charge in [0.1, 0.15) is 0 Å². The molecule has 1 fully saturated rings. The zero-order valence-corrected chi connectivity index (χ0v) is 10.2. The molecule has 1 saturated heterocycles. The fourth-order valence-electron chi connectivity index (χ4n) is 2.81. The summed E-state index contributed by atoms with van der Waals surface area (Å²) in [6.07, 6.45) is 1.17. The Morgan fingerprint density at radius 3 is 3.18 bits per heavy atom. The lowest BCUT2D eigenvalue weighted by molar-refractivity contribution is 0.140. The molecule has 2 heterocycles. The Kier molecular flexibility index (Phi) is 3.29. The zero-order chi connectivity index (χ0) is 11.5. The summed E-state index contributed by atoms with van der Waals surface area (Å²) in [4.78, 5) is 2.54. The number of hydrogen-bond donors (Lipinski definition) is 1. The van der Waals surface area contributed by atoms with E-state index in [1.54, 1.807) is 0 Å². The molecular formula is C14H20N2O. The normalized spacial score (nSPS) is 25.1. The molecule has 3 nitrogen and oxygen atoms in total. The van der Waals surface area contributed by atoms with Crippen LogP contribution in [0.15, 0.2) is 24.3 Å². The van der Waals surface area contributed by atoms with E-state index in [0.717, 1.165) is 32.8 Å². The monoisotopic (exact) mass is 232 g/mol. The van der Waals surface area contributed by atoms with Crippen molar-refractivity contribution in [1.29, 1.82) is 0 Å². The van der Waals surface area contributed by atoms with Gasteiger partial charge in [-0.05, 0) is 18.1 Å². The lowest BCUT2D eigenvalue weighted by atomic mass is 10.0. The second kappa shape index (κ2) is 5.07. The summed E-state index contributed by atoms with van der Waals surface area (Å²) in [7, 11) is 0. The number of benzene rings is 1. The third kappa shape index (κ3) is 2.45. The van der Waals surface area contributed by atoms with Gasteiger partial charge in [-0.3, -0.25) is 0 Å². The highest BCUT2D eigenvalue weighted by Gasteiger charge is 2.24. The van der Waals surface area contributed by atoms with E-state index in [1.165, 1.54) is 24.2 Å². The van der Waals surface area contributed by atoms with E-state index in [9.17, 15) is 0 Å². The van der Waals surface area contributed by atoms with Crippen molar-refractivity contribution in [2.24, 2.45) is 0 Å². The molecule has 1 aromatic carbocycles. The SMILES string of the molecule is c1ccc2c(c1)NCC2CN1CCCOCC1. The smallest absolute Gasteiger partial charge is 0.0593 e. The van der Waals surface area contributed by atoms with Gasteiger partial charge in [-0.15, -0.1) is 0 Å². The predicted octanol–water partition coefficient (Wildman–Crippen LogP) is 1.92. The maximum atomic E-state index is 5.50. The van der Waals surface area contributed by atoms with Crippen LogP contribution in [0, 0.1) is 0 Å². The second-order valence-electron chi connectivity index (χ2n) is 4.93. The average molecular weight is 232 g/mol. The quantitative estimate of drug-likeness (QED) is 0.843. The summed E-state index contributed by atoms with van der Waals surface area (Å²) in [5.74, 6) is 0.643. The number of para-hydroxylation sites is 1. The van der Waals surface area contributed by atoms with E-state index in [-0.39, 0.29) is 0 Å². The van der Waals surface area contributed by atoms with Gasteiger partial charge < -0.3 is 15.0 Å². The Morgan fingerprint density at radius 2 is 2.18 bits per heavy atom. The van der Waals surface area contributed by atoms with Crippen molar-refractivity contribution in [2.45, 2.75) is 12.3 Å². The Morgan fingerprint density at radius 1 is 1.24 bits per heavy atom. The van der Waals surface area contributed by atoms with E-state index in [1.807, 2.05) is 0 Å². The number of hydrogen-bond acceptors (Lipinski definition) is 3. The number of nitrogens with one attached hydrogen (secondary N) is 1. The van der Waals surface area contributed by atoms with Gasteiger partial charge in [-0.25, -0.2) is 0 Å². The minimum atomic E-state index is 0.643. The summed E-state index contributed by atoms with van der Waals surface area (Å²) >= 11 is 0. The van der Waals surface area contributed by atoms with Crippen LogP contribution in [-0.2, 0) is 4.74 Å². The van der Waals surface area contributed by atoms with Crippen molar-refractivity contribution < 1.29 is 4.74 Å². The molecule has 2 aliphatic heterocycles. The van der Waals surface area contributed by atoms with Crippen molar-refractivity contribution in [1.82, 2.24) is 4.90 Å². The van der Waals surface area contributed by atoms with Crippen molar-refractivity contribution in [2.75, 3.05) is 44.7 Å². The van der Waals surface area contributed by atoms with Crippen molar-refractivity contribution in [3.05, 3.63) is 29.8 Å². The first-order valence-electron chi connectivity index (χ1n) is 6.56. The molecule has 1 atom stereocenters. The van der Waals surface area contributed by atoms with Crippen LogP contribution in [0.1, 0.15) is 17.9 Å². The summed E-state index contributed by atoms with van der Waals surface area (Å²) in [6.45, 7) is 6.32. The molecule has 0 radical (unpaired) electrons. The maximum absolute atomic E-state index is 5.50. The van der Waals surface area contributed by atoms with Gasteiger partial charge in [0.2, 0.25) is 0 Å². The van der Waals surface area contributed by atoms with E-state index < -0.39 is 0 Å². The third-order valence-electron chi connectivity index (χ3n) is 3.73. The standard InChI is InChI=1S/C14H20N2O/c1-2-5-14-13(4-1)12(10-15-14)11-16-6-3-8-17-9-7-16/h1-2,4-5,12,15H,3,6-11H2. The third-order valence-corrected chi connectivity index (χ3v) is 3.73. The molecule has 1 aromatic rings. The van der Waals surface area contributed by atoms with E-state index in [4.69, 9.17) is 4.74 Å². The molecule has 92 valence electrons. The van der Waals surface area contributed by atoms with Crippen LogP contribution >= 0.6 is 0 Å². The van der Waals surface area contributed by atoms with Gasteiger partial charge in [0.05, 0.1) is 6.61 Å². The van der Waals surface area contributed by atoms with Crippen molar-refractivity contribution in [3.8, 4) is 0 Å². The molecule has 0 bridgehead atoms. The fourth-order valence-corrected chi connectivity index (χ4v) is 2.81. The molecule has 0 aliphatic carbocycles. The molecule has 0 spiro atoms. The zero-order valence-electron chi connectivity index (χ0n) is 10.2. The van der Waals surface area contributed by atoms with Gasteiger partial charge in [-0.2, -0.15) is 0 Å². The minimum absolute atomic E-state index is 0.643. The Labute approximate surface area is 103 Å². The van der Waals surface area contributed by atoms with Crippen LogP contribution in [0.5, 0.6) is 0 Å². The number of rotatable bonds is 2. The number of nitrogens with zero attached hydrogens (tertiary/aromatic N) is 1. The topological polar surface area (TPSA) is 24.5 Å². The lowest BCUT2D eigenvalue weighted by Crippen LogP contribution is -2.31. The molecule has 1 N–H and O–H groups in total. The molecule has 0 aromatic heterocycles. The Balaban J connectivity index is 1.66. The van der Waals surface area contributed by atoms with Crippen molar-refractivity contribution >= 4 is 5.69 Å². The summed E-state index contributed by atoms with van der Waals surface area (Å²) < 4.78 is 5.50. The number of fused-ring (bicyclic) bond motifs is 1. The summed E-state index contributed by atoms with van der Waals surface area (Å²) in [5.41, 5.74) is 2.81. The first kappa shape index (κ1) is 11.1. The second-order valence-corrected chi connectivity index (χ2v) is 4.93. The largest absolute Gasteiger partial charge is 0.384 e. The van der Waals surface area contributed by atoms with Crippen LogP contribution in [0.25, 0.3) is 0 Å². The molecule has 0 amide bonds. The van der Waals surface area contributed by atoms with Crippen LogP contribution < -0.4 is 5.32 Å². The van der Waals surface area contributed by atoms with E-state index >= 15 is 0 Å². The van der Waals surface area contributed by atoms with Crippen LogP contribution in [-0.4, -0.2) is 44.3 Å². The van der Waals surface area contributed by atoms with E-state index in [0.29, 0.717) is 5.92 Å². The highest BCUT2D eigenvalue weighted by Crippen LogP contribution is 2.31. The Bertz CT molecular complexity index is 372. The van der Waals surface area contributed by atoms with Gasteiger partial charge in [0, 0.05) is 44.4 Å². The number of ether oxygens (including phenoxy) is 1. The molecule has 3 rings (SSSR count). The molecule has 3 heteroatoms.